The monoisotopic (exact) mass is 289 g/mol. The Morgan fingerprint density at radius 2 is 2.24 bits per heavy atom. The number of nitrogens with two attached hydrogens (primary N) is 1. The molecule has 0 radical (unpaired) electrons. The lowest BCUT2D eigenvalue weighted by atomic mass is 10.0. The average molecular weight is 289 g/mol. The smallest absolute Gasteiger partial charge is 0.141 e. The molecule has 2 aromatic heterocycles. The molecule has 0 aliphatic rings. The molecule has 6 nitrogen and oxygen atoms in total. The summed E-state index contributed by atoms with van der Waals surface area (Å²) in [7, 11) is 1.64. The van der Waals surface area contributed by atoms with E-state index in [9.17, 15) is 0 Å². The minimum atomic E-state index is -0.0466. The number of hydrogen-bond acceptors (Lipinski definition) is 5. The maximum atomic E-state index is 5.75. The van der Waals surface area contributed by atoms with Crippen LogP contribution in [0, 0.1) is 0 Å². The second kappa shape index (κ2) is 7.19. The number of hydrazine groups is 1. The van der Waals surface area contributed by atoms with Gasteiger partial charge in [0.25, 0.3) is 0 Å². The molecule has 21 heavy (non-hydrogen) atoms. The number of rotatable bonds is 7. The van der Waals surface area contributed by atoms with Gasteiger partial charge in [0.15, 0.2) is 0 Å². The molecule has 0 bridgehead atoms. The van der Waals surface area contributed by atoms with Crippen molar-refractivity contribution < 1.29 is 4.74 Å². The van der Waals surface area contributed by atoms with Gasteiger partial charge in [-0.3, -0.25) is 20.9 Å². The molecule has 0 aliphatic heterocycles. The number of aromatic nitrogens is 3. The van der Waals surface area contributed by atoms with Crippen molar-refractivity contribution in [3.8, 4) is 5.75 Å². The van der Waals surface area contributed by atoms with Crippen LogP contribution in [0.5, 0.6) is 5.75 Å². The van der Waals surface area contributed by atoms with Gasteiger partial charge in [-0.1, -0.05) is 6.92 Å². The third-order valence-corrected chi connectivity index (χ3v) is 3.60. The van der Waals surface area contributed by atoms with Crippen molar-refractivity contribution in [1.82, 2.24) is 20.2 Å². The highest BCUT2D eigenvalue weighted by Gasteiger charge is 2.18. The molecule has 1 atom stereocenters. The van der Waals surface area contributed by atoms with Crippen LogP contribution >= 0.6 is 0 Å². The Hall–Kier alpha value is -1.92. The molecule has 0 amide bonds. The van der Waals surface area contributed by atoms with E-state index in [1.807, 2.05) is 10.7 Å². The number of nitrogens with zero attached hydrogens (tertiary/aromatic N) is 3. The minimum Gasteiger partial charge on any atom is -0.495 e. The predicted octanol–water partition coefficient (Wildman–Crippen LogP) is 1.62. The minimum absolute atomic E-state index is 0.0466. The average Bonchev–Trinajstić information content (AvgIpc) is 2.94. The molecular weight excluding hydrogens is 266 g/mol. The highest BCUT2D eigenvalue weighted by molar-refractivity contribution is 5.33. The van der Waals surface area contributed by atoms with Crippen molar-refractivity contribution >= 4 is 0 Å². The molecule has 114 valence electrons. The number of methoxy groups -OCH3 is 1. The summed E-state index contributed by atoms with van der Waals surface area (Å²) in [5, 5.41) is 4.58. The molecule has 2 rings (SSSR count). The van der Waals surface area contributed by atoms with E-state index >= 15 is 0 Å². The quantitative estimate of drug-likeness (QED) is 0.598. The van der Waals surface area contributed by atoms with E-state index < -0.39 is 0 Å². The van der Waals surface area contributed by atoms with Crippen LogP contribution in [0.3, 0.4) is 0 Å². The zero-order chi connectivity index (χ0) is 15.2. The molecule has 0 fully saturated rings. The Balaban J connectivity index is 2.28. The van der Waals surface area contributed by atoms with Gasteiger partial charge in [-0.25, -0.2) is 0 Å². The summed E-state index contributed by atoms with van der Waals surface area (Å²) < 4.78 is 7.39. The fourth-order valence-electron chi connectivity index (χ4n) is 2.44. The Morgan fingerprint density at radius 3 is 2.86 bits per heavy atom. The number of ether oxygens (including phenoxy) is 1. The highest BCUT2D eigenvalue weighted by Crippen LogP contribution is 2.26. The topological polar surface area (TPSA) is 78.0 Å². The summed E-state index contributed by atoms with van der Waals surface area (Å²) in [6, 6.07) is 4.02. The van der Waals surface area contributed by atoms with E-state index in [1.54, 1.807) is 19.5 Å². The first-order valence-electron chi connectivity index (χ1n) is 7.23. The Kier molecular flexibility index (Phi) is 5.30. The van der Waals surface area contributed by atoms with Crippen molar-refractivity contribution in [2.24, 2.45) is 5.84 Å². The van der Waals surface area contributed by atoms with Crippen LogP contribution in [-0.4, -0.2) is 21.9 Å². The predicted molar refractivity (Wildman–Crippen MR) is 81.8 cm³/mol. The number of aryl methyl sites for hydroxylation is 2. The van der Waals surface area contributed by atoms with Gasteiger partial charge in [0.1, 0.15) is 5.75 Å². The summed E-state index contributed by atoms with van der Waals surface area (Å²) in [4.78, 5) is 4.08. The molecule has 2 aromatic rings. The molecule has 0 aromatic carbocycles. The summed E-state index contributed by atoms with van der Waals surface area (Å²) >= 11 is 0. The third kappa shape index (κ3) is 3.40. The zero-order valence-corrected chi connectivity index (χ0v) is 12.8. The standard InChI is InChI=1S/C15H23N5O/c1-4-11-8-12(20(5-2)19-11)9-14(18-16)13-6-7-17-10-15(13)21-3/h6-8,10,14,18H,4-5,9,16H2,1-3H3. The first-order chi connectivity index (χ1) is 10.2. The lowest BCUT2D eigenvalue weighted by Gasteiger charge is -2.19. The SMILES string of the molecule is CCc1cc(CC(NN)c2ccncc2OC)n(CC)n1. The second-order valence-electron chi connectivity index (χ2n) is 4.84. The molecule has 0 aliphatic carbocycles. The molecular formula is C15H23N5O. The highest BCUT2D eigenvalue weighted by atomic mass is 16.5. The Labute approximate surface area is 125 Å². The van der Waals surface area contributed by atoms with Gasteiger partial charge in [-0.2, -0.15) is 5.10 Å². The molecule has 0 saturated heterocycles. The van der Waals surface area contributed by atoms with Crippen LogP contribution in [0.15, 0.2) is 24.5 Å². The summed E-state index contributed by atoms with van der Waals surface area (Å²) in [6.07, 6.45) is 5.13. The van der Waals surface area contributed by atoms with Crippen molar-refractivity contribution in [2.75, 3.05) is 7.11 Å². The summed E-state index contributed by atoms with van der Waals surface area (Å²) in [5.41, 5.74) is 6.13. The van der Waals surface area contributed by atoms with Crippen LogP contribution < -0.4 is 16.0 Å². The fraction of sp³-hybridized carbons (Fsp3) is 0.467. The first-order valence-corrected chi connectivity index (χ1v) is 7.23. The van der Waals surface area contributed by atoms with E-state index in [1.165, 1.54) is 0 Å². The lowest BCUT2D eigenvalue weighted by Crippen LogP contribution is -2.30. The second-order valence-corrected chi connectivity index (χ2v) is 4.84. The summed E-state index contributed by atoms with van der Waals surface area (Å²) in [5.74, 6) is 6.49. The van der Waals surface area contributed by atoms with Crippen LogP contribution in [0.25, 0.3) is 0 Å². The molecule has 6 heteroatoms. The molecule has 2 heterocycles. The van der Waals surface area contributed by atoms with Crippen molar-refractivity contribution in [1.29, 1.82) is 0 Å². The first kappa shape index (κ1) is 15.5. The Morgan fingerprint density at radius 1 is 1.43 bits per heavy atom. The Bertz CT molecular complexity index is 581. The number of pyridine rings is 1. The largest absolute Gasteiger partial charge is 0.495 e. The van der Waals surface area contributed by atoms with E-state index in [2.05, 4.69) is 35.4 Å². The van der Waals surface area contributed by atoms with Gasteiger partial charge in [0.05, 0.1) is 25.0 Å². The summed E-state index contributed by atoms with van der Waals surface area (Å²) in [6.45, 7) is 5.05. The van der Waals surface area contributed by atoms with Gasteiger partial charge in [0.2, 0.25) is 0 Å². The van der Waals surface area contributed by atoms with E-state index in [4.69, 9.17) is 10.6 Å². The van der Waals surface area contributed by atoms with Crippen molar-refractivity contribution in [3.05, 3.63) is 41.5 Å². The van der Waals surface area contributed by atoms with Gasteiger partial charge < -0.3 is 4.74 Å². The third-order valence-electron chi connectivity index (χ3n) is 3.60. The van der Waals surface area contributed by atoms with E-state index in [0.29, 0.717) is 0 Å². The van der Waals surface area contributed by atoms with Crippen molar-refractivity contribution in [2.45, 2.75) is 39.3 Å². The van der Waals surface area contributed by atoms with Gasteiger partial charge >= 0.3 is 0 Å². The van der Waals surface area contributed by atoms with Crippen LogP contribution in [0.1, 0.15) is 36.8 Å². The molecule has 0 spiro atoms. The fourth-order valence-corrected chi connectivity index (χ4v) is 2.44. The number of nitrogens with one attached hydrogen (secondary N) is 1. The lowest BCUT2D eigenvalue weighted by molar-refractivity contribution is 0.395. The molecule has 3 N–H and O–H groups in total. The zero-order valence-electron chi connectivity index (χ0n) is 12.8. The van der Waals surface area contributed by atoms with Crippen LogP contribution in [0.4, 0.5) is 0 Å². The van der Waals surface area contributed by atoms with Gasteiger partial charge in [0, 0.05) is 30.4 Å². The van der Waals surface area contributed by atoms with Crippen LogP contribution in [0.2, 0.25) is 0 Å². The maximum absolute atomic E-state index is 5.75. The van der Waals surface area contributed by atoms with Gasteiger partial charge in [-0.15, -0.1) is 0 Å². The van der Waals surface area contributed by atoms with Crippen molar-refractivity contribution in [3.63, 3.8) is 0 Å². The van der Waals surface area contributed by atoms with Crippen LogP contribution in [-0.2, 0) is 19.4 Å². The number of hydrogen-bond donors (Lipinski definition) is 2. The van der Waals surface area contributed by atoms with Gasteiger partial charge in [-0.05, 0) is 25.5 Å². The van der Waals surface area contributed by atoms with E-state index in [0.717, 1.165) is 42.1 Å². The molecule has 1 unspecified atom stereocenters. The molecule has 0 saturated carbocycles. The van der Waals surface area contributed by atoms with E-state index in [-0.39, 0.29) is 6.04 Å². The maximum Gasteiger partial charge on any atom is 0.141 e. The normalized spacial score (nSPS) is 12.4.